The molecule has 4 N–H and O–H groups in total. The highest BCUT2D eigenvalue weighted by Gasteiger charge is 2.22. The maximum atomic E-state index is 11.7. The second-order valence-electron chi connectivity index (χ2n) is 6.72. The quantitative estimate of drug-likeness (QED) is 0.736. The Hall–Kier alpha value is -2.73. The molecule has 0 bridgehead atoms. The second-order valence-corrected chi connectivity index (χ2v) is 6.72. The molecule has 1 saturated heterocycles. The molecule has 1 heterocycles. The Balaban J connectivity index is 1.69. The number of benzene rings is 2. The van der Waals surface area contributed by atoms with Crippen LogP contribution in [0.15, 0.2) is 42.5 Å². The molecule has 2 aromatic carbocycles. The van der Waals surface area contributed by atoms with Gasteiger partial charge in [0.1, 0.15) is 0 Å². The molecular weight excluding hydrogens is 328 g/mol. The van der Waals surface area contributed by atoms with Crippen LogP contribution in [0.3, 0.4) is 0 Å². The van der Waals surface area contributed by atoms with Crippen LogP contribution in [-0.2, 0) is 4.74 Å². The van der Waals surface area contributed by atoms with Crippen molar-refractivity contribution in [2.45, 2.75) is 26.1 Å². The van der Waals surface area contributed by atoms with Crippen molar-refractivity contribution < 1.29 is 9.53 Å². The summed E-state index contributed by atoms with van der Waals surface area (Å²) in [4.78, 5) is 14.1. The maximum Gasteiger partial charge on any atom is 0.253 e. The Labute approximate surface area is 154 Å². The second kappa shape index (κ2) is 7.66. The lowest BCUT2D eigenvalue weighted by atomic mass is 10.1. The van der Waals surface area contributed by atoms with E-state index in [4.69, 9.17) is 10.5 Å². The van der Waals surface area contributed by atoms with Crippen molar-refractivity contribution in [3.63, 3.8) is 0 Å². The van der Waals surface area contributed by atoms with Crippen molar-refractivity contribution in [1.29, 1.82) is 0 Å². The Morgan fingerprint density at radius 1 is 1.08 bits per heavy atom. The molecule has 3 rings (SSSR count). The first-order chi connectivity index (χ1) is 12.5. The fourth-order valence-electron chi connectivity index (χ4n) is 3.29. The number of nitrogens with one attached hydrogen (secondary N) is 2. The summed E-state index contributed by atoms with van der Waals surface area (Å²) in [5, 5.41) is 5.90. The van der Waals surface area contributed by atoms with Crippen LogP contribution in [-0.4, -0.2) is 38.3 Å². The van der Waals surface area contributed by atoms with Gasteiger partial charge in [-0.25, -0.2) is 0 Å². The number of nitrogen functional groups attached to an aromatic ring is 1. The molecule has 0 aliphatic carbocycles. The number of nitrogens with two attached hydrogens (primary N) is 1. The number of rotatable bonds is 4. The molecule has 0 spiro atoms. The van der Waals surface area contributed by atoms with Crippen LogP contribution in [0, 0.1) is 0 Å². The lowest BCUT2D eigenvalue weighted by Crippen LogP contribution is -2.45. The predicted molar refractivity (Wildman–Crippen MR) is 106 cm³/mol. The van der Waals surface area contributed by atoms with Gasteiger partial charge in [-0.3, -0.25) is 4.79 Å². The molecule has 6 heteroatoms. The third-order valence-corrected chi connectivity index (χ3v) is 4.46. The highest BCUT2D eigenvalue weighted by atomic mass is 16.5. The standard InChI is InChI=1S/C20H26N4O2/c1-13-11-24(12-14(2)26-13)17-7-4-15(5-8-17)23-16-6-9-18(19(21)10-16)20(25)22-3/h4-10,13-14,23H,11-12,21H2,1-3H3,(H,22,25). The highest BCUT2D eigenvalue weighted by molar-refractivity contribution is 5.99. The van der Waals surface area contributed by atoms with Gasteiger partial charge in [-0.05, 0) is 56.3 Å². The number of nitrogens with zero attached hydrogens (tertiary/aromatic N) is 1. The van der Waals surface area contributed by atoms with Crippen molar-refractivity contribution in [2.24, 2.45) is 0 Å². The van der Waals surface area contributed by atoms with Gasteiger partial charge < -0.3 is 26.0 Å². The van der Waals surface area contributed by atoms with E-state index in [2.05, 4.69) is 41.5 Å². The van der Waals surface area contributed by atoms with Crippen LogP contribution in [0.4, 0.5) is 22.7 Å². The van der Waals surface area contributed by atoms with Crippen molar-refractivity contribution >= 4 is 28.7 Å². The topological polar surface area (TPSA) is 79.6 Å². The summed E-state index contributed by atoms with van der Waals surface area (Å²) in [7, 11) is 1.59. The van der Waals surface area contributed by atoms with E-state index in [9.17, 15) is 4.79 Å². The fourth-order valence-corrected chi connectivity index (χ4v) is 3.29. The van der Waals surface area contributed by atoms with E-state index in [-0.39, 0.29) is 18.1 Å². The summed E-state index contributed by atoms with van der Waals surface area (Å²) in [6.45, 7) is 6.00. The Kier molecular flexibility index (Phi) is 5.32. The van der Waals surface area contributed by atoms with Gasteiger partial charge in [-0.1, -0.05) is 0 Å². The molecule has 138 valence electrons. The van der Waals surface area contributed by atoms with Gasteiger partial charge in [0.05, 0.1) is 17.8 Å². The largest absolute Gasteiger partial charge is 0.398 e. The smallest absolute Gasteiger partial charge is 0.253 e. The number of hydrogen-bond acceptors (Lipinski definition) is 5. The van der Waals surface area contributed by atoms with Crippen molar-refractivity contribution in [3.8, 4) is 0 Å². The number of carbonyl (C=O) groups is 1. The van der Waals surface area contributed by atoms with Gasteiger partial charge in [0.2, 0.25) is 0 Å². The molecule has 1 aliphatic heterocycles. The number of ether oxygens (including phenoxy) is 1. The summed E-state index contributed by atoms with van der Waals surface area (Å²) in [6, 6.07) is 13.6. The Morgan fingerprint density at radius 3 is 2.27 bits per heavy atom. The van der Waals surface area contributed by atoms with Crippen molar-refractivity contribution in [1.82, 2.24) is 5.32 Å². The molecule has 1 aliphatic rings. The third-order valence-electron chi connectivity index (χ3n) is 4.46. The van der Waals surface area contributed by atoms with Gasteiger partial charge >= 0.3 is 0 Å². The van der Waals surface area contributed by atoms with Gasteiger partial charge in [0, 0.05) is 42.9 Å². The van der Waals surface area contributed by atoms with Crippen LogP contribution < -0.4 is 21.3 Å². The molecule has 2 atom stereocenters. The van der Waals surface area contributed by atoms with Crippen LogP contribution in [0.25, 0.3) is 0 Å². The number of morpholine rings is 1. The van der Waals surface area contributed by atoms with E-state index in [1.165, 1.54) is 5.69 Å². The normalized spacial score (nSPS) is 19.9. The van der Waals surface area contributed by atoms with E-state index in [1.807, 2.05) is 18.2 Å². The average molecular weight is 354 g/mol. The lowest BCUT2D eigenvalue weighted by molar-refractivity contribution is -0.00521. The summed E-state index contributed by atoms with van der Waals surface area (Å²) in [6.07, 6.45) is 0.469. The SMILES string of the molecule is CNC(=O)c1ccc(Nc2ccc(N3CC(C)OC(C)C3)cc2)cc1N. The molecule has 2 unspecified atom stereocenters. The van der Waals surface area contributed by atoms with Gasteiger partial charge in [0.15, 0.2) is 0 Å². The van der Waals surface area contributed by atoms with Crippen molar-refractivity contribution in [3.05, 3.63) is 48.0 Å². The summed E-state index contributed by atoms with van der Waals surface area (Å²) >= 11 is 0. The zero-order valence-corrected chi connectivity index (χ0v) is 15.5. The zero-order chi connectivity index (χ0) is 18.7. The first kappa shape index (κ1) is 18.1. The first-order valence-electron chi connectivity index (χ1n) is 8.85. The van der Waals surface area contributed by atoms with E-state index in [1.54, 1.807) is 19.2 Å². The Bertz CT molecular complexity index is 766. The van der Waals surface area contributed by atoms with E-state index >= 15 is 0 Å². The molecule has 0 aromatic heterocycles. The molecule has 0 radical (unpaired) electrons. The van der Waals surface area contributed by atoms with Crippen molar-refractivity contribution in [2.75, 3.05) is 36.1 Å². The van der Waals surface area contributed by atoms with Crippen LogP contribution >= 0.6 is 0 Å². The number of amides is 1. The molecule has 1 fully saturated rings. The number of hydrogen-bond donors (Lipinski definition) is 3. The third kappa shape index (κ3) is 4.08. The zero-order valence-electron chi connectivity index (χ0n) is 15.5. The Morgan fingerprint density at radius 2 is 1.69 bits per heavy atom. The molecule has 6 nitrogen and oxygen atoms in total. The van der Waals surface area contributed by atoms with E-state index < -0.39 is 0 Å². The van der Waals surface area contributed by atoms with Crippen LogP contribution in [0.5, 0.6) is 0 Å². The first-order valence-corrected chi connectivity index (χ1v) is 8.85. The average Bonchev–Trinajstić information content (AvgIpc) is 2.61. The van der Waals surface area contributed by atoms with Gasteiger partial charge in [-0.15, -0.1) is 0 Å². The molecule has 1 amide bonds. The molecule has 0 saturated carbocycles. The fraction of sp³-hybridized carbons (Fsp3) is 0.350. The maximum absolute atomic E-state index is 11.7. The minimum atomic E-state index is -0.188. The highest BCUT2D eigenvalue weighted by Crippen LogP contribution is 2.25. The lowest BCUT2D eigenvalue weighted by Gasteiger charge is -2.36. The number of anilines is 4. The van der Waals surface area contributed by atoms with E-state index in [0.29, 0.717) is 11.3 Å². The summed E-state index contributed by atoms with van der Waals surface area (Å²) < 4.78 is 5.79. The summed E-state index contributed by atoms with van der Waals surface area (Å²) in [5.41, 5.74) is 9.90. The van der Waals surface area contributed by atoms with Crippen LogP contribution in [0.2, 0.25) is 0 Å². The summed E-state index contributed by atoms with van der Waals surface area (Å²) in [5.74, 6) is -0.188. The minimum Gasteiger partial charge on any atom is -0.398 e. The van der Waals surface area contributed by atoms with Crippen LogP contribution in [0.1, 0.15) is 24.2 Å². The molecule has 26 heavy (non-hydrogen) atoms. The van der Waals surface area contributed by atoms with Gasteiger partial charge in [-0.2, -0.15) is 0 Å². The molecule has 2 aromatic rings. The van der Waals surface area contributed by atoms with Gasteiger partial charge in [0.25, 0.3) is 5.91 Å². The number of carbonyl (C=O) groups excluding carboxylic acids is 1. The molecular formula is C20H26N4O2. The predicted octanol–water partition coefficient (Wildman–Crippen LogP) is 2.99. The monoisotopic (exact) mass is 354 g/mol. The van der Waals surface area contributed by atoms with E-state index in [0.717, 1.165) is 24.5 Å². The minimum absolute atomic E-state index is 0.188.